The monoisotopic (exact) mass is 384 g/mol. The highest BCUT2D eigenvalue weighted by atomic mass is 16.2. The molecule has 0 saturated carbocycles. The second-order valence-electron chi connectivity index (χ2n) is 7.37. The molecule has 3 aromatic carbocycles. The average Bonchev–Trinajstić information content (AvgIpc) is 3.19. The molecule has 4 heteroatoms. The van der Waals surface area contributed by atoms with Crippen LogP contribution < -0.4 is 10.6 Å². The van der Waals surface area contributed by atoms with Crippen LogP contribution in [0.5, 0.6) is 0 Å². The molecule has 0 aliphatic carbocycles. The van der Waals surface area contributed by atoms with Gasteiger partial charge in [-0.15, -0.1) is 0 Å². The van der Waals surface area contributed by atoms with E-state index in [1.54, 1.807) is 0 Å². The molecule has 1 heterocycles. The molecule has 1 aromatic heterocycles. The number of anilines is 1. The first-order chi connectivity index (χ1) is 14.2. The van der Waals surface area contributed by atoms with Gasteiger partial charge in [-0.1, -0.05) is 66.7 Å². The quantitative estimate of drug-likeness (QED) is 0.445. The summed E-state index contributed by atoms with van der Waals surface area (Å²) >= 11 is 0. The molecule has 0 saturated heterocycles. The third kappa shape index (κ3) is 4.39. The Kier molecular flexibility index (Phi) is 5.73. The van der Waals surface area contributed by atoms with Gasteiger partial charge in [-0.25, -0.2) is 0 Å². The van der Waals surface area contributed by atoms with E-state index in [9.17, 15) is 4.79 Å². The third-order valence-corrected chi connectivity index (χ3v) is 5.38. The first-order valence-electron chi connectivity index (χ1n) is 10.0. The van der Waals surface area contributed by atoms with Crippen LogP contribution in [0, 0.1) is 0 Å². The SMILES string of the molecule is C[C@H]([NH2+]C[C@@H](c1ccccc1)c1c[nH]c2ccccc12)C(=O)Nc1ccccc1. The van der Waals surface area contributed by atoms with Crippen LogP contribution in [0.1, 0.15) is 24.0 Å². The van der Waals surface area contributed by atoms with E-state index in [4.69, 9.17) is 0 Å². The molecule has 4 nitrogen and oxygen atoms in total. The fraction of sp³-hybridized carbons (Fsp3) is 0.160. The highest BCUT2D eigenvalue weighted by Crippen LogP contribution is 2.29. The van der Waals surface area contributed by atoms with Crippen molar-refractivity contribution in [3.05, 3.63) is 102 Å². The number of rotatable bonds is 7. The van der Waals surface area contributed by atoms with E-state index in [1.165, 1.54) is 16.5 Å². The van der Waals surface area contributed by atoms with Crippen LogP contribution in [-0.2, 0) is 4.79 Å². The van der Waals surface area contributed by atoms with Crippen LogP contribution in [0.4, 0.5) is 5.69 Å². The minimum absolute atomic E-state index is 0.0157. The van der Waals surface area contributed by atoms with Gasteiger partial charge >= 0.3 is 0 Å². The first-order valence-corrected chi connectivity index (χ1v) is 10.0. The third-order valence-electron chi connectivity index (χ3n) is 5.38. The molecular formula is C25H26N3O+. The zero-order chi connectivity index (χ0) is 20.1. The molecule has 2 atom stereocenters. The lowest BCUT2D eigenvalue weighted by Crippen LogP contribution is -2.92. The number of hydrogen-bond acceptors (Lipinski definition) is 1. The van der Waals surface area contributed by atoms with Crippen molar-refractivity contribution >= 4 is 22.5 Å². The summed E-state index contributed by atoms with van der Waals surface area (Å²) in [7, 11) is 0. The molecule has 4 N–H and O–H groups in total. The molecule has 4 aromatic rings. The van der Waals surface area contributed by atoms with E-state index >= 15 is 0 Å². The summed E-state index contributed by atoms with van der Waals surface area (Å²) in [6, 6.07) is 28.3. The van der Waals surface area contributed by atoms with E-state index < -0.39 is 0 Å². The number of nitrogens with one attached hydrogen (secondary N) is 2. The maximum Gasteiger partial charge on any atom is 0.282 e. The number of H-pyrrole nitrogens is 1. The van der Waals surface area contributed by atoms with Crippen LogP contribution in [-0.4, -0.2) is 23.5 Å². The minimum atomic E-state index is -0.188. The Bertz CT molecular complexity index is 1070. The molecule has 0 radical (unpaired) electrons. The van der Waals surface area contributed by atoms with Crippen molar-refractivity contribution in [3.63, 3.8) is 0 Å². The number of carbonyl (C=O) groups is 1. The summed E-state index contributed by atoms with van der Waals surface area (Å²) < 4.78 is 0. The maximum absolute atomic E-state index is 12.6. The summed E-state index contributed by atoms with van der Waals surface area (Å²) in [6.07, 6.45) is 2.10. The number of fused-ring (bicyclic) bond motifs is 1. The molecule has 0 unspecified atom stereocenters. The standard InChI is InChI=1S/C25H25N3O/c1-18(25(29)28-20-12-6-3-7-13-20)26-16-22(19-10-4-2-5-11-19)23-17-27-24-15-9-8-14-21(23)24/h2-15,17-18,22,26-27H,16H2,1H3,(H,28,29)/p+1/t18-,22-/m0/s1. The van der Waals surface area contributed by atoms with Crippen LogP contribution in [0.25, 0.3) is 10.9 Å². The Morgan fingerprint density at radius 2 is 1.59 bits per heavy atom. The van der Waals surface area contributed by atoms with Crippen LogP contribution in [0.3, 0.4) is 0 Å². The zero-order valence-electron chi connectivity index (χ0n) is 16.5. The zero-order valence-corrected chi connectivity index (χ0v) is 16.5. The molecule has 0 aliphatic heterocycles. The van der Waals surface area contributed by atoms with Gasteiger partial charge in [0.15, 0.2) is 6.04 Å². The Morgan fingerprint density at radius 1 is 0.931 bits per heavy atom. The largest absolute Gasteiger partial charge is 0.361 e. The van der Waals surface area contributed by atoms with Crippen molar-refractivity contribution < 1.29 is 10.1 Å². The molecule has 4 rings (SSSR count). The number of carbonyl (C=O) groups excluding carboxylic acids is 1. The summed E-state index contributed by atoms with van der Waals surface area (Å²) in [5.74, 6) is 0.210. The van der Waals surface area contributed by atoms with Gasteiger partial charge in [-0.3, -0.25) is 4.79 Å². The molecule has 0 spiro atoms. The summed E-state index contributed by atoms with van der Waals surface area (Å²) in [6.45, 7) is 2.74. The first kappa shape index (κ1) is 19.0. The maximum atomic E-state index is 12.6. The molecule has 29 heavy (non-hydrogen) atoms. The van der Waals surface area contributed by atoms with Gasteiger partial charge in [0, 0.05) is 22.8 Å². The van der Waals surface area contributed by atoms with Crippen molar-refractivity contribution in [2.45, 2.75) is 18.9 Å². The Balaban J connectivity index is 1.53. The number of para-hydroxylation sites is 2. The number of quaternary nitrogens is 1. The summed E-state index contributed by atoms with van der Waals surface area (Å²) in [5, 5.41) is 6.35. The highest BCUT2D eigenvalue weighted by molar-refractivity contribution is 5.93. The van der Waals surface area contributed by atoms with Gasteiger partial charge < -0.3 is 15.6 Å². The van der Waals surface area contributed by atoms with Crippen LogP contribution >= 0.6 is 0 Å². The number of nitrogens with two attached hydrogens (primary N) is 1. The lowest BCUT2D eigenvalue weighted by molar-refractivity contribution is -0.674. The Hall–Kier alpha value is -3.37. The van der Waals surface area contributed by atoms with Crippen molar-refractivity contribution in [1.29, 1.82) is 0 Å². The van der Waals surface area contributed by atoms with E-state index in [1.807, 2.05) is 49.4 Å². The summed E-state index contributed by atoms with van der Waals surface area (Å²) in [5.41, 5.74) is 4.48. The minimum Gasteiger partial charge on any atom is -0.361 e. The van der Waals surface area contributed by atoms with Crippen molar-refractivity contribution in [2.75, 3.05) is 11.9 Å². The number of aromatic nitrogens is 1. The fourth-order valence-electron chi connectivity index (χ4n) is 3.74. The van der Waals surface area contributed by atoms with Crippen molar-refractivity contribution in [2.24, 2.45) is 0 Å². The van der Waals surface area contributed by atoms with E-state index in [0.717, 1.165) is 17.7 Å². The lowest BCUT2D eigenvalue weighted by atomic mass is 9.90. The molecule has 0 bridgehead atoms. The molecular weight excluding hydrogens is 358 g/mol. The van der Waals surface area contributed by atoms with Gasteiger partial charge in [-0.05, 0) is 36.2 Å². The predicted octanol–water partition coefficient (Wildman–Crippen LogP) is 3.89. The van der Waals surface area contributed by atoms with Crippen LogP contribution in [0.15, 0.2) is 91.1 Å². The van der Waals surface area contributed by atoms with Crippen molar-refractivity contribution in [3.8, 4) is 0 Å². The van der Waals surface area contributed by atoms with Gasteiger partial charge in [0.25, 0.3) is 5.91 Å². The lowest BCUT2D eigenvalue weighted by Gasteiger charge is -2.19. The van der Waals surface area contributed by atoms with E-state index in [0.29, 0.717) is 0 Å². The van der Waals surface area contributed by atoms with Gasteiger partial charge in [0.05, 0.1) is 12.5 Å². The fourth-order valence-corrected chi connectivity index (χ4v) is 3.74. The Morgan fingerprint density at radius 3 is 2.34 bits per heavy atom. The molecule has 0 fully saturated rings. The highest BCUT2D eigenvalue weighted by Gasteiger charge is 2.23. The van der Waals surface area contributed by atoms with E-state index in [2.05, 4.69) is 64.3 Å². The molecule has 146 valence electrons. The number of aromatic amines is 1. The van der Waals surface area contributed by atoms with Crippen molar-refractivity contribution in [1.82, 2.24) is 4.98 Å². The average molecular weight is 385 g/mol. The second kappa shape index (κ2) is 8.76. The number of hydrogen-bond donors (Lipinski definition) is 3. The predicted molar refractivity (Wildman–Crippen MR) is 118 cm³/mol. The molecule has 0 aliphatic rings. The number of benzene rings is 3. The normalized spacial score (nSPS) is 13.1. The van der Waals surface area contributed by atoms with Gasteiger partial charge in [0.1, 0.15) is 0 Å². The second-order valence-corrected chi connectivity index (χ2v) is 7.37. The smallest absolute Gasteiger partial charge is 0.282 e. The van der Waals surface area contributed by atoms with Gasteiger partial charge in [-0.2, -0.15) is 0 Å². The van der Waals surface area contributed by atoms with Gasteiger partial charge in [0.2, 0.25) is 0 Å². The summed E-state index contributed by atoms with van der Waals surface area (Å²) in [4.78, 5) is 16.0. The van der Waals surface area contributed by atoms with Crippen LogP contribution in [0.2, 0.25) is 0 Å². The Labute approximate surface area is 171 Å². The molecule has 1 amide bonds. The topological polar surface area (TPSA) is 61.5 Å². The van der Waals surface area contributed by atoms with E-state index in [-0.39, 0.29) is 17.9 Å². The number of amides is 1.